The van der Waals surface area contributed by atoms with Gasteiger partial charge >= 0.3 is 0 Å². The van der Waals surface area contributed by atoms with E-state index in [2.05, 4.69) is 9.97 Å². The molecule has 3 heterocycles. The van der Waals surface area contributed by atoms with Crippen molar-refractivity contribution in [2.75, 3.05) is 0 Å². The van der Waals surface area contributed by atoms with E-state index in [9.17, 15) is 9.59 Å². The third-order valence-electron chi connectivity index (χ3n) is 4.91. The van der Waals surface area contributed by atoms with Gasteiger partial charge in [-0.25, -0.2) is 9.97 Å². The first kappa shape index (κ1) is 20.0. The van der Waals surface area contributed by atoms with Crippen LogP contribution < -0.4 is 11.1 Å². The summed E-state index contributed by atoms with van der Waals surface area (Å²) in [5, 5.41) is 4.15. The summed E-state index contributed by atoms with van der Waals surface area (Å²) in [6, 6.07) is 14.8. The SMILES string of the molecule is Cn1c(SCc2nc3cc(Cl)ccc3c(=O)[nH]2)nc2scc(-c3ccccc3)c2c1=O. The highest BCUT2D eigenvalue weighted by molar-refractivity contribution is 7.98. The molecule has 0 radical (unpaired) electrons. The van der Waals surface area contributed by atoms with Gasteiger partial charge in [0.2, 0.25) is 0 Å². The van der Waals surface area contributed by atoms with Gasteiger partial charge < -0.3 is 4.98 Å². The Kier molecular flexibility index (Phi) is 5.13. The molecule has 1 N–H and O–H groups in total. The molecule has 0 amide bonds. The summed E-state index contributed by atoms with van der Waals surface area (Å²) in [6.07, 6.45) is 0. The predicted octanol–water partition coefficient (Wildman–Crippen LogP) is 4.84. The van der Waals surface area contributed by atoms with Crippen LogP contribution in [0.2, 0.25) is 5.02 Å². The van der Waals surface area contributed by atoms with Gasteiger partial charge in [0.25, 0.3) is 11.1 Å². The van der Waals surface area contributed by atoms with Gasteiger partial charge in [0, 0.05) is 23.0 Å². The number of rotatable bonds is 4. The fourth-order valence-corrected chi connectivity index (χ4v) is 5.37. The fourth-order valence-electron chi connectivity index (χ4n) is 3.37. The lowest BCUT2D eigenvalue weighted by Gasteiger charge is -2.08. The van der Waals surface area contributed by atoms with E-state index in [1.54, 1.807) is 29.8 Å². The second-order valence-electron chi connectivity index (χ2n) is 6.92. The van der Waals surface area contributed by atoms with E-state index in [4.69, 9.17) is 16.6 Å². The zero-order chi connectivity index (χ0) is 21.5. The third kappa shape index (κ3) is 3.67. The number of aromatic nitrogens is 4. The first-order chi connectivity index (χ1) is 15.0. The molecule has 0 fully saturated rings. The van der Waals surface area contributed by atoms with Crippen LogP contribution in [0.4, 0.5) is 0 Å². The van der Waals surface area contributed by atoms with E-state index in [0.29, 0.717) is 42.9 Å². The number of aromatic amines is 1. The minimum atomic E-state index is -0.222. The molecule has 2 aromatic carbocycles. The van der Waals surface area contributed by atoms with Crippen LogP contribution in [0.15, 0.2) is 68.7 Å². The maximum atomic E-state index is 13.1. The fraction of sp³-hybridized carbons (Fsp3) is 0.0909. The Labute approximate surface area is 189 Å². The average molecular weight is 467 g/mol. The van der Waals surface area contributed by atoms with Crippen molar-refractivity contribution < 1.29 is 0 Å². The minimum Gasteiger partial charge on any atom is -0.309 e. The molecule has 6 nitrogen and oxygen atoms in total. The molecule has 0 saturated heterocycles. The summed E-state index contributed by atoms with van der Waals surface area (Å²) < 4.78 is 1.54. The van der Waals surface area contributed by atoms with Crippen LogP contribution in [0, 0.1) is 0 Å². The monoisotopic (exact) mass is 466 g/mol. The molecule has 3 aromatic heterocycles. The normalized spacial score (nSPS) is 11.4. The summed E-state index contributed by atoms with van der Waals surface area (Å²) >= 11 is 8.83. The number of thioether (sulfide) groups is 1. The van der Waals surface area contributed by atoms with E-state index in [0.717, 1.165) is 11.1 Å². The predicted molar refractivity (Wildman–Crippen MR) is 127 cm³/mol. The lowest BCUT2D eigenvalue weighted by atomic mass is 10.1. The number of fused-ring (bicyclic) bond motifs is 2. The Morgan fingerprint density at radius 2 is 1.94 bits per heavy atom. The van der Waals surface area contributed by atoms with Gasteiger partial charge in [-0.05, 0) is 23.8 Å². The van der Waals surface area contributed by atoms with Gasteiger partial charge in [0.05, 0.1) is 22.0 Å². The number of hydrogen-bond donors (Lipinski definition) is 1. The molecule has 0 aliphatic rings. The zero-order valence-corrected chi connectivity index (χ0v) is 18.6. The number of halogens is 1. The van der Waals surface area contributed by atoms with Crippen LogP contribution in [0.25, 0.3) is 32.2 Å². The number of H-pyrrole nitrogens is 1. The molecule has 9 heteroatoms. The number of nitrogens with one attached hydrogen (secondary N) is 1. The Morgan fingerprint density at radius 1 is 1.13 bits per heavy atom. The minimum absolute atomic E-state index is 0.0978. The Balaban J connectivity index is 1.50. The topological polar surface area (TPSA) is 80.6 Å². The smallest absolute Gasteiger partial charge is 0.263 e. The van der Waals surface area contributed by atoms with Crippen LogP contribution in [-0.2, 0) is 12.8 Å². The Bertz CT molecular complexity index is 1560. The second-order valence-corrected chi connectivity index (χ2v) is 9.15. The van der Waals surface area contributed by atoms with E-state index >= 15 is 0 Å². The molecule has 5 rings (SSSR count). The average Bonchev–Trinajstić information content (AvgIpc) is 3.19. The van der Waals surface area contributed by atoms with Crippen molar-refractivity contribution in [1.82, 2.24) is 19.5 Å². The highest BCUT2D eigenvalue weighted by Crippen LogP contribution is 2.32. The Hall–Kier alpha value is -2.94. The highest BCUT2D eigenvalue weighted by atomic mass is 35.5. The van der Waals surface area contributed by atoms with Crippen LogP contribution in [0.1, 0.15) is 5.82 Å². The van der Waals surface area contributed by atoms with Crippen molar-refractivity contribution in [3.8, 4) is 11.1 Å². The van der Waals surface area contributed by atoms with Crippen molar-refractivity contribution >= 4 is 55.8 Å². The molecule has 0 bridgehead atoms. The molecule has 31 heavy (non-hydrogen) atoms. The number of thiophene rings is 1. The maximum absolute atomic E-state index is 13.1. The van der Waals surface area contributed by atoms with Crippen LogP contribution in [-0.4, -0.2) is 19.5 Å². The standard InChI is InChI=1S/C22H15ClN4O2S2/c1-27-21(29)18-15(12-5-3-2-4-6-12)10-30-20(18)26-22(27)31-11-17-24-16-9-13(23)7-8-14(16)19(28)25-17/h2-10H,11H2,1H3,(H,24,25,28). The van der Waals surface area contributed by atoms with Crippen molar-refractivity contribution in [3.63, 3.8) is 0 Å². The van der Waals surface area contributed by atoms with Crippen molar-refractivity contribution in [3.05, 3.63) is 85.5 Å². The van der Waals surface area contributed by atoms with Crippen LogP contribution in [0.5, 0.6) is 0 Å². The molecule has 0 atom stereocenters. The van der Waals surface area contributed by atoms with Gasteiger partial charge in [0.15, 0.2) is 5.16 Å². The first-order valence-electron chi connectivity index (χ1n) is 9.36. The van der Waals surface area contributed by atoms with Gasteiger partial charge in [0.1, 0.15) is 10.7 Å². The molecular weight excluding hydrogens is 452 g/mol. The highest BCUT2D eigenvalue weighted by Gasteiger charge is 2.16. The van der Waals surface area contributed by atoms with Crippen molar-refractivity contribution in [2.45, 2.75) is 10.9 Å². The summed E-state index contributed by atoms with van der Waals surface area (Å²) in [4.78, 5) is 38.1. The Morgan fingerprint density at radius 3 is 2.74 bits per heavy atom. The van der Waals surface area contributed by atoms with E-state index in [-0.39, 0.29) is 11.1 Å². The first-order valence-corrected chi connectivity index (χ1v) is 11.6. The molecular formula is C22H15ClN4O2S2. The van der Waals surface area contributed by atoms with Crippen molar-refractivity contribution in [1.29, 1.82) is 0 Å². The number of hydrogen-bond acceptors (Lipinski definition) is 6. The van der Waals surface area contributed by atoms with Gasteiger partial charge in [-0.15, -0.1) is 11.3 Å². The van der Waals surface area contributed by atoms with Gasteiger partial charge in [-0.2, -0.15) is 0 Å². The molecule has 0 saturated carbocycles. The molecule has 0 aliphatic carbocycles. The lowest BCUT2D eigenvalue weighted by Crippen LogP contribution is -2.20. The maximum Gasteiger partial charge on any atom is 0.263 e. The molecule has 0 spiro atoms. The molecule has 5 aromatic rings. The summed E-state index contributed by atoms with van der Waals surface area (Å²) in [6.45, 7) is 0. The lowest BCUT2D eigenvalue weighted by molar-refractivity contribution is 0.727. The largest absolute Gasteiger partial charge is 0.309 e. The van der Waals surface area contributed by atoms with E-state index in [1.165, 1.54) is 23.1 Å². The molecule has 0 unspecified atom stereocenters. The quantitative estimate of drug-likeness (QED) is 0.302. The number of nitrogens with zero attached hydrogens (tertiary/aromatic N) is 3. The van der Waals surface area contributed by atoms with Gasteiger partial charge in [-0.3, -0.25) is 14.2 Å². The van der Waals surface area contributed by atoms with Crippen LogP contribution >= 0.6 is 34.7 Å². The zero-order valence-electron chi connectivity index (χ0n) is 16.3. The summed E-state index contributed by atoms with van der Waals surface area (Å²) in [7, 11) is 1.71. The number of benzene rings is 2. The van der Waals surface area contributed by atoms with Crippen LogP contribution in [0.3, 0.4) is 0 Å². The molecule has 0 aliphatic heterocycles. The van der Waals surface area contributed by atoms with Crippen molar-refractivity contribution in [2.24, 2.45) is 7.05 Å². The summed E-state index contributed by atoms with van der Waals surface area (Å²) in [5.41, 5.74) is 2.10. The second kappa shape index (κ2) is 7.96. The van der Waals surface area contributed by atoms with E-state index in [1.807, 2.05) is 35.7 Å². The van der Waals surface area contributed by atoms with Gasteiger partial charge in [-0.1, -0.05) is 53.7 Å². The van der Waals surface area contributed by atoms with E-state index < -0.39 is 0 Å². The third-order valence-corrected chi connectivity index (χ3v) is 7.06. The molecule has 154 valence electrons. The summed E-state index contributed by atoms with van der Waals surface area (Å²) in [5.74, 6) is 0.857.